The number of nitrogens with zero attached hydrogens (tertiary/aromatic N) is 3. The van der Waals surface area contributed by atoms with E-state index in [2.05, 4.69) is 10.3 Å². The van der Waals surface area contributed by atoms with Crippen LogP contribution in [0.25, 0.3) is 5.65 Å². The van der Waals surface area contributed by atoms with E-state index in [9.17, 15) is 9.59 Å². The fourth-order valence-corrected chi connectivity index (χ4v) is 3.94. The Hall–Kier alpha value is -3.06. The number of nitrogens with one attached hydrogen (secondary N) is 1. The van der Waals surface area contributed by atoms with Crippen LogP contribution in [0, 0.1) is 0 Å². The van der Waals surface area contributed by atoms with Crippen LogP contribution in [0.15, 0.2) is 48.8 Å². The topological polar surface area (TPSA) is 75.9 Å². The maximum atomic E-state index is 13.3. The van der Waals surface area contributed by atoms with Crippen molar-refractivity contribution in [1.29, 1.82) is 0 Å². The van der Waals surface area contributed by atoms with Crippen molar-refractivity contribution in [2.75, 3.05) is 6.61 Å². The van der Waals surface area contributed by atoms with Crippen molar-refractivity contribution in [1.82, 2.24) is 19.6 Å². The highest BCUT2D eigenvalue weighted by Gasteiger charge is 2.54. The van der Waals surface area contributed by atoms with Gasteiger partial charge in [-0.1, -0.05) is 29.8 Å². The second-order valence-electron chi connectivity index (χ2n) is 6.67. The number of carbonyl (C=O) groups excluding carboxylic acids is 2. The second-order valence-corrected chi connectivity index (χ2v) is 7.10. The Morgan fingerprint density at radius 2 is 2.04 bits per heavy atom. The monoisotopic (exact) mass is 382 g/mol. The van der Waals surface area contributed by atoms with Crippen LogP contribution in [0.3, 0.4) is 0 Å². The summed E-state index contributed by atoms with van der Waals surface area (Å²) in [7, 11) is 0. The molecule has 1 aromatic carbocycles. The predicted octanol–water partition coefficient (Wildman–Crippen LogP) is 2.72. The normalized spacial score (nSPS) is 21.4. The molecule has 2 aliphatic rings. The molecule has 5 rings (SSSR count). The van der Waals surface area contributed by atoms with Crippen molar-refractivity contribution >= 4 is 29.2 Å². The van der Waals surface area contributed by atoms with E-state index in [0.29, 0.717) is 40.7 Å². The zero-order chi connectivity index (χ0) is 18.6. The van der Waals surface area contributed by atoms with Crippen molar-refractivity contribution < 1.29 is 14.3 Å². The van der Waals surface area contributed by atoms with Gasteiger partial charge in [-0.15, -0.1) is 0 Å². The number of fused-ring (bicyclic) bond motifs is 3. The number of aromatic nitrogens is 2. The number of urea groups is 1. The van der Waals surface area contributed by atoms with Crippen molar-refractivity contribution in [3.05, 3.63) is 65.1 Å². The summed E-state index contributed by atoms with van der Waals surface area (Å²) < 4.78 is 7.42. The quantitative estimate of drug-likeness (QED) is 0.691. The molecule has 7 nitrogen and oxygen atoms in total. The van der Waals surface area contributed by atoms with Gasteiger partial charge < -0.3 is 14.5 Å². The minimum atomic E-state index is -1.08. The summed E-state index contributed by atoms with van der Waals surface area (Å²) in [5.74, 6) is 0.347. The molecule has 0 bridgehead atoms. The van der Waals surface area contributed by atoms with Gasteiger partial charge >= 0.3 is 6.03 Å². The smallest absolute Gasteiger partial charge is 0.325 e. The molecule has 4 heterocycles. The Labute approximate surface area is 159 Å². The lowest BCUT2D eigenvalue weighted by Crippen LogP contribution is -2.47. The van der Waals surface area contributed by atoms with E-state index in [1.54, 1.807) is 28.9 Å². The number of rotatable bonds is 2. The molecular formula is C19H15ClN4O3. The SMILES string of the molecule is O=C1NC2(CCOc3ccccc32)C(=O)N1Cc1cn2cc(Cl)ccc2n1. The first kappa shape index (κ1) is 16.1. The Bertz CT molecular complexity index is 1100. The molecule has 1 unspecified atom stereocenters. The third kappa shape index (κ3) is 2.39. The number of imide groups is 1. The standard InChI is InChI=1S/C19H15ClN4O3/c20-12-5-6-16-21-13(10-23(16)9-12)11-24-17(25)19(22-18(24)26)7-8-27-15-4-2-1-3-14(15)19/h1-6,9-10H,7-8,11H2,(H,22,26). The first-order valence-corrected chi connectivity index (χ1v) is 8.94. The molecule has 0 radical (unpaired) electrons. The Kier molecular flexibility index (Phi) is 3.42. The maximum absolute atomic E-state index is 13.3. The summed E-state index contributed by atoms with van der Waals surface area (Å²) in [4.78, 5) is 31.6. The van der Waals surface area contributed by atoms with Crippen LogP contribution >= 0.6 is 11.6 Å². The third-order valence-electron chi connectivity index (χ3n) is 5.04. The molecule has 3 amide bonds. The molecular weight excluding hydrogens is 368 g/mol. The molecule has 1 saturated heterocycles. The highest BCUT2D eigenvalue weighted by atomic mass is 35.5. The molecule has 1 spiro atoms. The van der Waals surface area contributed by atoms with Gasteiger partial charge in [0.15, 0.2) is 5.54 Å². The van der Waals surface area contributed by atoms with Crippen molar-refractivity contribution in [3.63, 3.8) is 0 Å². The average Bonchev–Trinajstić information content (AvgIpc) is 3.16. The Balaban J connectivity index is 1.50. The van der Waals surface area contributed by atoms with E-state index in [-0.39, 0.29) is 12.5 Å². The Morgan fingerprint density at radius 1 is 1.19 bits per heavy atom. The van der Waals surface area contributed by atoms with E-state index in [4.69, 9.17) is 16.3 Å². The summed E-state index contributed by atoms with van der Waals surface area (Å²) in [5, 5.41) is 3.47. The number of imidazole rings is 1. The van der Waals surface area contributed by atoms with Gasteiger partial charge in [0.1, 0.15) is 11.4 Å². The molecule has 136 valence electrons. The van der Waals surface area contributed by atoms with E-state index < -0.39 is 11.6 Å². The van der Waals surface area contributed by atoms with Gasteiger partial charge in [-0.2, -0.15) is 0 Å². The Morgan fingerprint density at radius 3 is 2.93 bits per heavy atom. The molecule has 0 saturated carbocycles. The van der Waals surface area contributed by atoms with Crippen molar-refractivity contribution in [2.45, 2.75) is 18.5 Å². The molecule has 2 aliphatic heterocycles. The predicted molar refractivity (Wildman–Crippen MR) is 97.5 cm³/mol. The number of amides is 3. The number of carbonyl (C=O) groups is 2. The summed E-state index contributed by atoms with van der Waals surface area (Å²) in [5.41, 5.74) is 0.929. The number of para-hydroxylation sites is 1. The molecule has 3 aromatic rings. The van der Waals surface area contributed by atoms with Crippen LogP contribution in [0.5, 0.6) is 5.75 Å². The highest BCUT2D eigenvalue weighted by Crippen LogP contribution is 2.41. The fraction of sp³-hybridized carbons (Fsp3) is 0.211. The fourth-order valence-electron chi connectivity index (χ4n) is 3.77. The van der Waals surface area contributed by atoms with E-state index in [1.165, 1.54) is 4.90 Å². The van der Waals surface area contributed by atoms with Crippen LogP contribution < -0.4 is 10.1 Å². The first-order valence-electron chi connectivity index (χ1n) is 8.56. The molecule has 27 heavy (non-hydrogen) atoms. The van der Waals surface area contributed by atoms with Crippen molar-refractivity contribution in [3.8, 4) is 5.75 Å². The van der Waals surface area contributed by atoms with Gasteiger partial charge in [0.25, 0.3) is 5.91 Å². The van der Waals surface area contributed by atoms with Crippen LogP contribution in [-0.4, -0.2) is 32.8 Å². The summed E-state index contributed by atoms with van der Waals surface area (Å²) in [6.45, 7) is 0.457. The summed E-state index contributed by atoms with van der Waals surface area (Å²) in [6, 6.07) is 10.4. The molecule has 8 heteroatoms. The highest BCUT2D eigenvalue weighted by molar-refractivity contribution is 6.30. The van der Waals surface area contributed by atoms with Crippen LogP contribution in [0.4, 0.5) is 4.79 Å². The van der Waals surface area contributed by atoms with Crippen LogP contribution in [-0.2, 0) is 16.9 Å². The zero-order valence-corrected chi connectivity index (χ0v) is 14.9. The largest absolute Gasteiger partial charge is 0.493 e. The third-order valence-corrected chi connectivity index (χ3v) is 5.27. The molecule has 0 aliphatic carbocycles. The van der Waals surface area contributed by atoms with Gasteiger partial charge in [-0.25, -0.2) is 9.78 Å². The lowest BCUT2D eigenvalue weighted by molar-refractivity contribution is -0.133. The van der Waals surface area contributed by atoms with Crippen molar-refractivity contribution in [2.24, 2.45) is 0 Å². The lowest BCUT2D eigenvalue weighted by Gasteiger charge is -2.33. The first-order chi connectivity index (χ1) is 13.1. The van der Waals surface area contributed by atoms with Gasteiger partial charge in [-0.05, 0) is 18.2 Å². The summed E-state index contributed by atoms with van der Waals surface area (Å²) >= 11 is 6.00. The molecule has 1 fully saturated rings. The van der Waals surface area contributed by atoms with Gasteiger partial charge in [0.2, 0.25) is 0 Å². The number of benzene rings is 1. The van der Waals surface area contributed by atoms with Gasteiger partial charge in [0, 0.05) is 24.4 Å². The summed E-state index contributed by atoms with van der Waals surface area (Å²) in [6.07, 6.45) is 3.89. The van der Waals surface area contributed by atoms with E-state index >= 15 is 0 Å². The lowest BCUT2D eigenvalue weighted by atomic mass is 9.84. The number of ether oxygens (including phenoxy) is 1. The molecule has 2 aromatic heterocycles. The van der Waals surface area contributed by atoms with Crippen LogP contribution in [0.1, 0.15) is 17.7 Å². The van der Waals surface area contributed by atoms with Gasteiger partial charge in [-0.3, -0.25) is 9.69 Å². The minimum absolute atomic E-state index is 0.0920. The second kappa shape index (κ2) is 5.72. The molecule has 1 N–H and O–H groups in total. The van der Waals surface area contributed by atoms with Gasteiger partial charge in [0.05, 0.1) is 23.9 Å². The average molecular weight is 383 g/mol. The van der Waals surface area contributed by atoms with E-state index in [0.717, 1.165) is 0 Å². The number of halogens is 1. The minimum Gasteiger partial charge on any atom is -0.493 e. The molecule has 1 atom stereocenters. The van der Waals surface area contributed by atoms with E-state index in [1.807, 2.05) is 24.3 Å². The number of pyridine rings is 1. The van der Waals surface area contributed by atoms with Crippen LogP contribution in [0.2, 0.25) is 5.02 Å². The zero-order valence-electron chi connectivity index (χ0n) is 14.2. The maximum Gasteiger partial charge on any atom is 0.325 e. The number of hydrogen-bond acceptors (Lipinski definition) is 4. The number of hydrogen-bond donors (Lipinski definition) is 1.